The molecule has 4 aromatic carbocycles. The normalized spacial score (nSPS) is 15.6. The highest BCUT2D eigenvalue weighted by molar-refractivity contribution is 5.96. The first-order chi connectivity index (χ1) is 28.3. The number of nitrogens with zero attached hydrogens (tertiary/aromatic N) is 3. The van der Waals surface area contributed by atoms with Crippen LogP contribution in [0.5, 0.6) is 0 Å². The number of aliphatic hydroxyl groups excluding tert-OH is 1. The molecular formula is C47H58N6O6. The quantitative estimate of drug-likeness (QED) is 0.0881. The van der Waals surface area contributed by atoms with E-state index in [1.807, 2.05) is 97.6 Å². The number of aliphatic hydroxyl groups is 1. The summed E-state index contributed by atoms with van der Waals surface area (Å²) in [6.07, 6.45) is 1.67. The number of hydrazine groups is 1. The van der Waals surface area contributed by atoms with E-state index in [4.69, 9.17) is 10.5 Å². The number of anilines is 1. The van der Waals surface area contributed by atoms with Crippen molar-refractivity contribution < 1.29 is 29.0 Å². The van der Waals surface area contributed by atoms with E-state index in [1.165, 1.54) is 9.91 Å². The molecule has 5 N–H and O–H groups in total. The van der Waals surface area contributed by atoms with Crippen LogP contribution in [0.4, 0.5) is 10.5 Å². The first-order valence-electron chi connectivity index (χ1n) is 20.8. The maximum atomic E-state index is 14.9. The van der Waals surface area contributed by atoms with Gasteiger partial charge in [-0.25, -0.2) is 4.79 Å². The molecule has 1 aliphatic carbocycles. The molecule has 0 spiro atoms. The molecule has 59 heavy (non-hydrogen) atoms. The highest BCUT2D eigenvalue weighted by Crippen LogP contribution is 2.44. The summed E-state index contributed by atoms with van der Waals surface area (Å²) >= 11 is 0. The second-order valence-corrected chi connectivity index (χ2v) is 16.3. The van der Waals surface area contributed by atoms with Gasteiger partial charge in [-0.15, -0.1) is 0 Å². The smallest absolute Gasteiger partial charge is 0.407 e. The Labute approximate surface area is 347 Å². The van der Waals surface area contributed by atoms with E-state index in [-0.39, 0.29) is 50.4 Å². The number of ether oxygens (including phenoxy) is 1. The number of carbonyl (C=O) groups is 4. The summed E-state index contributed by atoms with van der Waals surface area (Å²) in [5.74, 6) is -1.25. The first kappa shape index (κ1) is 42.9. The molecule has 1 heterocycles. The van der Waals surface area contributed by atoms with Gasteiger partial charge in [0.25, 0.3) is 5.91 Å². The molecule has 4 atom stereocenters. The first-order valence-corrected chi connectivity index (χ1v) is 20.8. The second kappa shape index (κ2) is 19.4. The molecule has 0 bridgehead atoms. The van der Waals surface area contributed by atoms with Gasteiger partial charge < -0.3 is 25.8 Å². The molecule has 4 aromatic rings. The van der Waals surface area contributed by atoms with Crippen LogP contribution in [0.3, 0.4) is 0 Å². The third-order valence-corrected chi connectivity index (χ3v) is 11.2. The van der Waals surface area contributed by atoms with Crippen LogP contribution in [-0.4, -0.2) is 76.8 Å². The molecular weight excluding hydrogens is 745 g/mol. The minimum Gasteiger partial charge on any atom is -0.449 e. The van der Waals surface area contributed by atoms with Crippen LogP contribution in [0.1, 0.15) is 83.8 Å². The monoisotopic (exact) mass is 802 g/mol. The molecule has 1 aliphatic heterocycles. The fourth-order valence-corrected chi connectivity index (χ4v) is 7.82. The van der Waals surface area contributed by atoms with E-state index in [9.17, 15) is 24.3 Å². The predicted molar refractivity (Wildman–Crippen MR) is 230 cm³/mol. The lowest BCUT2D eigenvalue weighted by Gasteiger charge is -2.32. The van der Waals surface area contributed by atoms with Crippen molar-refractivity contribution in [1.29, 1.82) is 0 Å². The molecule has 6 rings (SSSR count). The lowest BCUT2D eigenvalue weighted by molar-refractivity contribution is -0.144. The van der Waals surface area contributed by atoms with Gasteiger partial charge in [0.1, 0.15) is 19.3 Å². The maximum Gasteiger partial charge on any atom is 0.407 e. The van der Waals surface area contributed by atoms with Crippen molar-refractivity contribution in [3.8, 4) is 11.1 Å². The third-order valence-electron chi connectivity index (χ3n) is 11.2. The number of rotatable bonds is 16. The van der Waals surface area contributed by atoms with Gasteiger partial charge in [-0.05, 0) is 65.3 Å². The van der Waals surface area contributed by atoms with Crippen LogP contribution in [-0.2, 0) is 19.1 Å². The van der Waals surface area contributed by atoms with Gasteiger partial charge >= 0.3 is 6.09 Å². The Bertz CT molecular complexity index is 2120. The number of hydrogen-bond acceptors (Lipinski definition) is 8. The van der Waals surface area contributed by atoms with Crippen LogP contribution < -0.4 is 21.4 Å². The van der Waals surface area contributed by atoms with Crippen molar-refractivity contribution >= 4 is 40.3 Å². The molecule has 312 valence electrons. The highest BCUT2D eigenvalue weighted by atomic mass is 16.5. The molecule has 2 aliphatic rings. The number of benzene rings is 4. The van der Waals surface area contributed by atoms with Crippen LogP contribution >= 0.6 is 0 Å². The van der Waals surface area contributed by atoms with Crippen molar-refractivity contribution in [2.75, 3.05) is 24.7 Å². The van der Waals surface area contributed by atoms with E-state index >= 15 is 0 Å². The van der Waals surface area contributed by atoms with Gasteiger partial charge in [-0.1, -0.05) is 119 Å². The second-order valence-electron chi connectivity index (χ2n) is 16.3. The molecule has 1 unspecified atom stereocenters. The standard InChI is InChI=1S/C47H58N6O6/c1-6-31(4)26-53(50-44(55)25-35(54)23-22-30(2)3)46(57)42(49-47(58)59-28-41-39-19-11-9-17-37(39)38-18-10-12-20-40(38)41)24-34-27-51(45(56)32(5)48)29-52(34)43-21-13-15-33-14-7-8-16-36(33)43/h7-21,27,30-32,35,41-42,54H,6,22-26,28-29,48H2,1-5H3,(H,49,58)(H,50,55)/t31?,32-,35-,42-/m0/s1. The molecule has 0 fully saturated rings. The summed E-state index contributed by atoms with van der Waals surface area (Å²) in [6, 6.07) is 27.8. The van der Waals surface area contributed by atoms with Crippen LogP contribution in [0.15, 0.2) is 103 Å². The van der Waals surface area contributed by atoms with Crippen LogP contribution in [0, 0.1) is 11.8 Å². The van der Waals surface area contributed by atoms with Crippen LogP contribution in [0.25, 0.3) is 21.9 Å². The molecule has 4 amide bonds. The SMILES string of the molecule is CCC(C)CN(NC(=O)C[C@@H](O)CCC(C)C)C(=O)[C@H](CC1=CN(C(=O)[C@H](C)N)CN1c1cccc2ccccc12)NC(=O)OCC1c2ccccc2-c2ccccc21. The molecule has 12 nitrogen and oxygen atoms in total. The van der Waals surface area contributed by atoms with Crippen molar-refractivity contribution in [2.45, 2.75) is 90.8 Å². The topological polar surface area (TPSA) is 158 Å². The largest absolute Gasteiger partial charge is 0.449 e. The number of amides is 4. The Kier molecular flexibility index (Phi) is 14.1. The summed E-state index contributed by atoms with van der Waals surface area (Å²) in [6.45, 7) is 10.0. The summed E-state index contributed by atoms with van der Waals surface area (Å²) in [4.78, 5) is 59.1. The predicted octanol–water partition coefficient (Wildman–Crippen LogP) is 7.03. The van der Waals surface area contributed by atoms with Gasteiger partial charge in [0.05, 0.1) is 24.3 Å². The number of hydrogen-bond donors (Lipinski definition) is 4. The molecule has 0 radical (unpaired) electrons. The fourth-order valence-electron chi connectivity index (χ4n) is 7.82. The van der Waals surface area contributed by atoms with Crippen LogP contribution in [0.2, 0.25) is 0 Å². The number of alkyl carbamates (subject to hydrolysis) is 1. The number of nitrogens with one attached hydrogen (secondary N) is 2. The zero-order chi connectivity index (χ0) is 42.2. The summed E-state index contributed by atoms with van der Waals surface area (Å²) in [7, 11) is 0. The van der Waals surface area contributed by atoms with Gasteiger partial charge in [-0.3, -0.25) is 29.7 Å². The number of nitrogens with two attached hydrogens (primary N) is 1. The third kappa shape index (κ3) is 10.3. The van der Waals surface area contributed by atoms with Crippen molar-refractivity contribution in [1.82, 2.24) is 20.7 Å². The fraction of sp³-hybridized carbons (Fsp3) is 0.404. The molecule has 12 heteroatoms. The van der Waals surface area contributed by atoms with Crippen molar-refractivity contribution in [3.05, 3.63) is 114 Å². The Morgan fingerprint density at radius 3 is 2.19 bits per heavy atom. The summed E-state index contributed by atoms with van der Waals surface area (Å²) in [5.41, 5.74) is 14.5. The Morgan fingerprint density at radius 1 is 0.881 bits per heavy atom. The zero-order valence-corrected chi connectivity index (χ0v) is 34.8. The lowest BCUT2D eigenvalue weighted by Crippen LogP contribution is -2.56. The van der Waals surface area contributed by atoms with Gasteiger partial charge in [-0.2, -0.15) is 0 Å². The maximum absolute atomic E-state index is 14.9. The zero-order valence-electron chi connectivity index (χ0n) is 34.8. The van der Waals surface area contributed by atoms with E-state index in [0.29, 0.717) is 18.0 Å². The highest BCUT2D eigenvalue weighted by Gasteiger charge is 2.36. The lowest BCUT2D eigenvalue weighted by atomic mass is 9.98. The average Bonchev–Trinajstić information content (AvgIpc) is 3.79. The van der Waals surface area contributed by atoms with Gasteiger partial charge in [0, 0.05) is 36.2 Å². The van der Waals surface area contributed by atoms with E-state index in [2.05, 4.69) is 36.7 Å². The Hall–Kier alpha value is -5.72. The molecule has 0 saturated carbocycles. The number of fused-ring (bicyclic) bond motifs is 4. The van der Waals surface area contributed by atoms with E-state index in [0.717, 1.165) is 51.6 Å². The molecule has 0 aromatic heterocycles. The van der Waals surface area contributed by atoms with E-state index < -0.39 is 36.1 Å². The Balaban J connectivity index is 1.31. The van der Waals surface area contributed by atoms with Gasteiger partial charge in [0.15, 0.2) is 0 Å². The Morgan fingerprint density at radius 2 is 1.53 bits per heavy atom. The molecule has 0 saturated heterocycles. The minimum atomic E-state index is -1.24. The van der Waals surface area contributed by atoms with Crippen molar-refractivity contribution in [3.63, 3.8) is 0 Å². The van der Waals surface area contributed by atoms with E-state index in [1.54, 1.807) is 13.1 Å². The van der Waals surface area contributed by atoms with Crippen molar-refractivity contribution in [2.24, 2.45) is 17.6 Å². The van der Waals surface area contributed by atoms with Gasteiger partial charge in [0.2, 0.25) is 11.8 Å². The average molecular weight is 803 g/mol. The number of carbonyl (C=O) groups excluding carboxylic acids is 4. The minimum absolute atomic E-state index is 0.0164. The summed E-state index contributed by atoms with van der Waals surface area (Å²) in [5, 5.41) is 16.7. The summed E-state index contributed by atoms with van der Waals surface area (Å²) < 4.78 is 5.95.